The second kappa shape index (κ2) is 9.83. The molecule has 0 spiro atoms. The van der Waals surface area contributed by atoms with Gasteiger partial charge in [0.15, 0.2) is 4.80 Å². The highest BCUT2D eigenvalue weighted by atomic mass is 79.9. The molecule has 1 aliphatic heterocycles. The Morgan fingerprint density at radius 3 is 2.58 bits per heavy atom. The molecule has 3 heterocycles. The van der Waals surface area contributed by atoms with Crippen LogP contribution in [0.2, 0.25) is 0 Å². The molecule has 0 radical (unpaired) electrons. The largest absolute Gasteiger partial charge is 0.463 e. The Hall–Kier alpha value is -3.56. The fourth-order valence-electron chi connectivity index (χ4n) is 4.08. The number of fused-ring (bicyclic) bond motifs is 1. The van der Waals surface area contributed by atoms with Crippen LogP contribution in [-0.4, -0.2) is 17.1 Å². The Balaban J connectivity index is 1.63. The fraction of sp³-hybridized carbons (Fsp3) is 0.148. The summed E-state index contributed by atoms with van der Waals surface area (Å²) in [6.07, 6.45) is 1.66. The molecule has 0 amide bonds. The number of ether oxygens (including phenoxy) is 1. The monoisotopic (exact) mass is 566 g/mol. The molecule has 2 aromatic heterocycles. The van der Waals surface area contributed by atoms with Crippen molar-refractivity contribution in [2.75, 3.05) is 6.61 Å². The van der Waals surface area contributed by atoms with Crippen LogP contribution in [0.25, 0.3) is 17.4 Å². The minimum Gasteiger partial charge on any atom is -0.463 e. The standard InChI is InChI=1S/C27H20BrFN2O4S/c1-3-34-26(33)23-15(2)30-27-31(24(23)17-6-10-19(29)11-7-17)25(32)22(36-27)14-20-12-13-21(35-20)16-4-8-18(28)9-5-16/h4-14,24H,3H2,1-2H3/b22-14-/t24-/m0/s1. The van der Waals surface area contributed by atoms with Crippen LogP contribution in [-0.2, 0) is 9.53 Å². The van der Waals surface area contributed by atoms with Crippen molar-refractivity contribution in [1.82, 2.24) is 4.57 Å². The SMILES string of the molecule is CCOC(=O)C1=C(C)N=c2s/c(=C\c3ccc(-c4ccc(Br)cc4)o3)c(=O)n2[C@H]1c1ccc(F)cc1. The van der Waals surface area contributed by atoms with E-state index in [2.05, 4.69) is 20.9 Å². The lowest BCUT2D eigenvalue weighted by atomic mass is 9.96. The summed E-state index contributed by atoms with van der Waals surface area (Å²) < 4.78 is 27.7. The highest BCUT2D eigenvalue weighted by molar-refractivity contribution is 9.10. The number of rotatable bonds is 5. The highest BCUT2D eigenvalue weighted by Gasteiger charge is 2.33. The lowest BCUT2D eigenvalue weighted by molar-refractivity contribution is -0.139. The van der Waals surface area contributed by atoms with Crippen LogP contribution >= 0.6 is 27.3 Å². The molecular formula is C27H20BrFN2O4S. The van der Waals surface area contributed by atoms with Gasteiger partial charge in [0.2, 0.25) is 0 Å². The molecule has 0 saturated carbocycles. The van der Waals surface area contributed by atoms with E-state index in [9.17, 15) is 14.0 Å². The summed E-state index contributed by atoms with van der Waals surface area (Å²) in [5.41, 5.74) is 1.86. The van der Waals surface area contributed by atoms with Gasteiger partial charge in [0.05, 0.1) is 28.5 Å². The predicted octanol–water partition coefficient (Wildman–Crippen LogP) is 4.96. The van der Waals surface area contributed by atoms with E-state index in [0.717, 1.165) is 10.0 Å². The number of halogens is 2. The molecule has 0 saturated heterocycles. The number of allylic oxidation sites excluding steroid dienone is 1. The van der Waals surface area contributed by atoms with Gasteiger partial charge in [-0.25, -0.2) is 14.2 Å². The molecule has 0 bridgehead atoms. The third-order valence-electron chi connectivity index (χ3n) is 5.73. The molecule has 0 fully saturated rings. The van der Waals surface area contributed by atoms with Crippen molar-refractivity contribution in [1.29, 1.82) is 0 Å². The van der Waals surface area contributed by atoms with Crippen LogP contribution in [0.15, 0.2) is 90.6 Å². The van der Waals surface area contributed by atoms with Gasteiger partial charge in [-0.3, -0.25) is 9.36 Å². The van der Waals surface area contributed by atoms with Gasteiger partial charge in [-0.15, -0.1) is 0 Å². The Kier molecular flexibility index (Phi) is 6.59. The lowest BCUT2D eigenvalue weighted by Crippen LogP contribution is -2.39. The van der Waals surface area contributed by atoms with E-state index in [4.69, 9.17) is 9.15 Å². The third-order valence-corrected chi connectivity index (χ3v) is 7.24. The molecule has 0 aliphatic carbocycles. The molecule has 182 valence electrons. The van der Waals surface area contributed by atoms with Crippen LogP contribution in [0.3, 0.4) is 0 Å². The van der Waals surface area contributed by atoms with Crippen LogP contribution in [0.4, 0.5) is 4.39 Å². The van der Waals surface area contributed by atoms with Crippen LogP contribution in [0, 0.1) is 5.82 Å². The Labute approximate surface area is 217 Å². The van der Waals surface area contributed by atoms with Crippen molar-refractivity contribution in [3.05, 3.63) is 113 Å². The van der Waals surface area contributed by atoms with Gasteiger partial charge in [0.1, 0.15) is 17.3 Å². The van der Waals surface area contributed by atoms with Gasteiger partial charge in [0.25, 0.3) is 5.56 Å². The second-order valence-electron chi connectivity index (χ2n) is 8.06. The van der Waals surface area contributed by atoms with Crippen molar-refractivity contribution in [2.24, 2.45) is 4.99 Å². The fourth-order valence-corrected chi connectivity index (χ4v) is 5.37. The number of furan rings is 1. The molecular weight excluding hydrogens is 547 g/mol. The van der Waals surface area contributed by atoms with Crippen molar-refractivity contribution >= 4 is 39.3 Å². The minimum atomic E-state index is -0.794. The van der Waals surface area contributed by atoms with Gasteiger partial charge < -0.3 is 9.15 Å². The Bertz CT molecular complexity index is 1660. The first-order chi connectivity index (χ1) is 17.4. The highest BCUT2D eigenvalue weighted by Crippen LogP contribution is 2.31. The smallest absolute Gasteiger partial charge is 0.338 e. The van der Waals surface area contributed by atoms with Crippen molar-refractivity contribution in [2.45, 2.75) is 19.9 Å². The maximum absolute atomic E-state index is 13.7. The maximum Gasteiger partial charge on any atom is 0.338 e. The van der Waals surface area contributed by atoms with Gasteiger partial charge in [0, 0.05) is 16.1 Å². The van der Waals surface area contributed by atoms with Crippen molar-refractivity contribution < 1.29 is 18.3 Å². The zero-order chi connectivity index (χ0) is 25.4. The minimum absolute atomic E-state index is 0.176. The number of thiazole rings is 1. The first-order valence-electron chi connectivity index (χ1n) is 11.2. The summed E-state index contributed by atoms with van der Waals surface area (Å²) in [5, 5.41) is 0. The molecule has 0 unspecified atom stereocenters. The van der Waals surface area contributed by atoms with Gasteiger partial charge in [-0.05, 0) is 55.8 Å². The molecule has 5 rings (SSSR count). The quantitative estimate of drug-likeness (QED) is 0.320. The number of benzene rings is 2. The number of hydrogen-bond acceptors (Lipinski definition) is 6. The van der Waals surface area contributed by atoms with Gasteiger partial charge in [-0.1, -0.05) is 51.5 Å². The summed E-state index contributed by atoms with van der Waals surface area (Å²) >= 11 is 4.62. The second-order valence-corrected chi connectivity index (χ2v) is 9.99. The van der Waals surface area contributed by atoms with Crippen LogP contribution in [0.1, 0.15) is 31.2 Å². The first kappa shape index (κ1) is 24.1. The predicted molar refractivity (Wildman–Crippen MR) is 139 cm³/mol. The molecule has 36 heavy (non-hydrogen) atoms. The summed E-state index contributed by atoms with van der Waals surface area (Å²) in [5.74, 6) is 0.209. The molecule has 6 nitrogen and oxygen atoms in total. The summed E-state index contributed by atoms with van der Waals surface area (Å²) in [6.45, 7) is 3.59. The number of carbonyl (C=O) groups is 1. The molecule has 0 N–H and O–H groups in total. The van der Waals surface area contributed by atoms with E-state index >= 15 is 0 Å². The zero-order valence-electron chi connectivity index (χ0n) is 19.3. The topological polar surface area (TPSA) is 73.8 Å². The third kappa shape index (κ3) is 4.52. The Morgan fingerprint density at radius 2 is 1.89 bits per heavy atom. The zero-order valence-corrected chi connectivity index (χ0v) is 21.7. The number of nitrogens with zero attached hydrogens (tertiary/aromatic N) is 2. The van der Waals surface area contributed by atoms with Crippen molar-refractivity contribution in [3.63, 3.8) is 0 Å². The molecule has 1 atom stereocenters. The first-order valence-corrected chi connectivity index (χ1v) is 12.8. The lowest BCUT2D eigenvalue weighted by Gasteiger charge is -2.24. The van der Waals surface area contributed by atoms with E-state index in [0.29, 0.717) is 32.1 Å². The van der Waals surface area contributed by atoms with E-state index in [1.807, 2.05) is 30.3 Å². The summed E-state index contributed by atoms with van der Waals surface area (Å²) in [4.78, 5) is 31.5. The molecule has 1 aliphatic rings. The van der Waals surface area contributed by atoms with E-state index < -0.39 is 17.8 Å². The number of esters is 1. The molecule has 9 heteroatoms. The molecule has 4 aromatic rings. The summed E-state index contributed by atoms with van der Waals surface area (Å²) in [6, 6.07) is 16.3. The number of hydrogen-bond donors (Lipinski definition) is 0. The normalized spacial score (nSPS) is 15.6. The number of aromatic nitrogens is 1. The van der Waals surface area contributed by atoms with E-state index in [1.54, 1.807) is 38.1 Å². The van der Waals surface area contributed by atoms with Gasteiger partial charge >= 0.3 is 5.97 Å². The van der Waals surface area contributed by atoms with Crippen LogP contribution in [0.5, 0.6) is 0 Å². The van der Waals surface area contributed by atoms with Gasteiger partial charge in [-0.2, -0.15) is 0 Å². The number of carbonyl (C=O) groups excluding carboxylic acids is 1. The average molecular weight is 567 g/mol. The average Bonchev–Trinajstić information content (AvgIpc) is 3.44. The van der Waals surface area contributed by atoms with E-state index in [1.165, 1.54) is 28.0 Å². The maximum atomic E-state index is 13.7. The van der Waals surface area contributed by atoms with E-state index in [-0.39, 0.29) is 17.7 Å². The van der Waals surface area contributed by atoms with Crippen LogP contribution < -0.4 is 14.9 Å². The summed E-state index contributed by atoms with van der Waals surface area (Å²) in [7, 11) is 0. The Morgan fingerprint density at radius 1 is 1.17 bits per heavy atom. The van der Waals surface area contributed by atoms with Crippen molar-refractivity contribution in [3.8, 4) is 11.3 Å². The molecule has 2 aromatic carbocycles.